The Balaban J connectivity index is 2.47. The van der Waals surface area contributed by atoms with Gasteiger partial charge in [0.25, 0.3) is 0 Å². The highest BCUT2D eigenvalue weighted by molar-refractivity contribution is 5.93. The first-order valence-electron chi connectivity index (χ1n) is 8.93. The molecule has 0 aliphatic carbocycles. The lowest BCUT2D eigenvalue weighted by Gasteiger charge is -2.24. The molecule has 0 saturated heterocycles. The first-order valence-corrected chi connectivity index (χ1v) is 8.93. The summed E-state index contributed by atoms with van der Waals surface area (Å²) in [5.41, 5.74) is 0. The van der Waals surface area contributed by atoms with Crippen LogP contribution in [0, 0.1) is 12.8 Å². The molecule has 0 bridgehead atoms. The van der Waals surface area contributed by atoms with E-state index in [0.717, 1.165) is 12.8 Å². The van der Waals surface area contributed by atoms with Gasteiger partial charge >= 0.3 is 0 Å². The SMILES string of the molecule is CCCCCCCC(=O)N(CC(=O)Nc1cc(C)on1)CC(C)C. The number of rotatable bonds is 11. The third-order valence-electron chi connectivity index (χ3n) is 3.66. The molecule has 0 aliphatic rings. The Labute approximate surface area is 145 Å². The highest BCUT2D eigenvalue weighted by Gasteiger charge is 2.18. The quantitative estimate of drug-likeness (QED) is 0.624. The van der Waals surface area contributed by atoms with E-state index in [1.807, 2.05) is 13.8 Å². The van der Waals surface area contributed by atoms with E-state index in [9.17, 15) is 9.59 Å². The van der Waals surface area contributed by atoms with Crippen molar-refractivity contribution in [3.05, 3.63) is 11.8 Å². The van der Waals surface area contributed by atoms with Crippen LogP contribution < -0.4 is 5.32 Å². The summed E-state index contributed by atoms with van der Waals surface area (Å²) in [5.74, 6) is 1.13. The summed E-state index contributed by atoms with van der Waals surface area (Å²) in [4.78, 5) is 26.2. The number of nitrogens with zero attached hydrogens (tertiary/aromatic N) is 2. The van der Waals surface area contributed by atoms with E-state index in [1.165, 1.54) is 19.3 Å². The van der Waals surface area contributed by atoms with Crippen LogP contribution in [0.5, 0.6) is 0 Å². The lowest BCUT2D eigenvalue weighted by molar-refractivity contribution is -0.135. The second-order valence-corrected chi connectivity index (χ2v) is 6.70. The van der Waals surface area contributed by atoms with Crippen LogP contribution in [0.15, 0.2) is 10.6 Å². The van der Waals surface area contributed by atoms with Crippen molar-refractivity contribution in [1.29, 1.82) is 0 Å². The standard InChI is InChI=1S/C18H31N3O3/c1-5-6-7-8-9-10-18(23)21(12-14(2)3)13-17(22)19-16-11-15(4)24-20-16/h11,14H,5-10,12-13H2,1-4H3,(H,19,20,22). The van der Waals surface area contributed by atoms with Crippen molar-refractivity contribution in [1.82, 2.24) is 10.1 Å². The van der Waals surface area contributed by atoms with Crippen LogP contribution in [0.3, 0.4) is 0 Å². The summed E-state index contributed by atoms with van der Waals surface area (Å²) in [6.07, 6.45) is 6.03. The zero-order valence-electron chi connectivity index (χ0n) is 15.4. The van der Waals surface area contributed by atoms with Crippen molar-refractivity contribution in [3.63, 3.8) is 0 Å². The Morgan fingerprint density at radius 2 is 1.96 bits per heavy atom. The summed E-state index contributed by atoms with van der Waals surface area (Å²) in [5, 5.41) is 6.40. The topological polar surface area (TPSA) is 75.4 Å². The van der Waals surface area contributed by atoms with Gasteiger partial charge < -0.3 is 14.7 Å². The lowest BCUT2D eigenvalue weighted by atomic mass is 10.1. The Hall–Kier alpha value is -1.85. The van der Waals surface area contributed by atoms with Crippen LogP contribution >= 0.6 is 0 Å². The molecule has 0 unspecified atom stereocenters. The summed E-state index contributed by atoms with van der Waals surface area (Å²) in [6.45, 7) is 8.65. The molecule has 6 nitrogen and oxygen atoms in total. The molecule has 0 atom stereocenters. The Bertz CT molecular complexity index is 511. The van der Waals surface area contributed by atoms with Gasteiger partial charge in [-0.1, -0.05) is 51.6 Å². The van der Waals surface area contributed by atoms with E-state index in [-0.39, 0.29) is 18.4 Å². The van der Waals surface area contributed by atoms with Gasteiger partial charge in [-0.3, -0.25) is 9.59 Å². The third-order valence-corrected chi connectivity index (χ3v) is 3.66. The Morgan fingerprint density at radius 3 is 2.54 bits per heavy atom. The molecule has 0 fully saturated rings. The molecular weight excluding hydrogens is 306 g/mol. The first-order chi connectivity index (χ1) is 11.4. The van der Waals surface area contributed by atoms with Gasteiger partial charge in [0.05, 0.1) is 6.54 Å². The Kier molecular flexibility index (Phi) is 9.12. The molecule has 0 aromatic carbocycles. The minimum absolute atomic E-state index is 0.0479. The van der Waals surface area contributed by atoms with Crippen LogP contribution in [0.25, 0.3) is 0 Å². The fourth-order valence-electron chi connectivity index (χ4n) is 2.51. The number of aryl methyl sites for hydroxylation is 1. The zero-order valence-corrected chi connectivity index (χ0v) is 15.4. The predicted octanol–water partition coefficient (Wildman–Crippen LogP) is 3.77. The highest BCUT2D eigenvalue weighted by Crippen LogP contribution is 2.10. The largest absolute Gasteiger partial charge is 0.360 e. The van der Waals surface area contributed by atoms with Gasteiger partial charge in [0.1, 0.15) is 5.76 Å². The molecule has 136 valence electrons. The molecule has 1 aromatic rings. The molecule has 1 rings (SSSR count). The fraction of sp³-hybridized carbons (Fsp3) is 0.722. The van der Waals surface area contributed by atoms with Crippen LogP contribution in [0.1, 0.15) is 65.1 Å². The molecule has 0 spiro atoms. The van der Waals surface area contributed by atoms with Crippen LogP contribution in [0.2, 0.25) is 0 Å². The van der Waals surface area contributed by atoms with Crippen molar-refractivity contribution in [2.75, 3.05) is 18.4 Å². The summed E-state index contributed by atoms with van der Waals surface area (Å²) < 4.78 is 4.92. The number of unbranched alkanes of at least 4 members (excludes halogenated alkanes) is 4. The molecule has 24 heavy (non-hydrogen) atoms. The van der Waals surface area contributed by atoms with Crippen LogP contribution in [-0.2, 0) is 9.59 Å². The van der Waals surface area contributed by atoms with Crippen LogP contribution in [0.4, 0.5) is 5.82 Å². The van der Waals surface area contributed by atoms with Gasteiger partial charge in [0.2, 0.25) is 11.8 Å². The highest BCUT2D eigenvalue weighted by atomic mass is 16.5. The summed E-state index contributed by atoms with van der Waals surface area (Å²) in [7, 11) is 0. The maximum atomic E-state index is 12.4. The van der Waals surface area contributed by atoms with Gasteiger partial charge in [0.15, 0.2) is 5.82 Å². The maximum absolute atomic E-state index is 12.4. The maximum Gasteiger partial charge on any atom is 0.245 e. The molecule has 2 amide bonds. The number of carbonyl (C=O) groups is 2. The van der Waals surface area contributed by atoms with Crippen molar-refractivity contribution in [2.45, 2.75) is 66.2 Å². The van der Waals surface area contributed by atoms with E-state index in [4.69, 9.17) is 4.52 Å². The molecule has 0 saturated carbocycles. The second kappa shape index (κ2) is 10.8. The van der Waals surface area contributed by atoms with Gasteiger partial charge in [0, 0.05) is 19.0 Å². The predicted molar refractivity (Wildman–Crippen MR) is 94.7 cm³/mol. The lowest BCUT2D eigenvalue weighted by Crippen LogP contribution is -2.40. The molecule has 6 heteroatoms. The van der Waals surface area contributed by atoms with E-state index < -0.39 is 0 Å². The summed E-state index contributed by atoms with van der Waals surface area (Å²) >= 11 is 0. The minimum atomic E-state index is -0.247. The van der Waals surface area contributed by atoms with E-state index in [0.29, 0.717) is 30.5 Å². The van der Waals surface area contributed by atoms with Crippen molar-refractivity contribution in [2.24, 2.45) is 5.92 Å². The number of nitrogens with one attached hydrogen (secondary N) is 1. The van der Waals surface area contributed by atoms with Crippen molar-refractivity contribution < 1.29 is 14.1 Å². The van der Waals surface area contributed by atoms with Crippen molar-refractivity contribution in [3.8, 4) is 0 Å². The van der Waals surface area contributed by atoms with Gasteiger partial charge in [-0.25, -0.2) is 0 Å². The molecule has 1 heterocycles. The normalized spacial score (nSPS) is 10.9. The molecular formula is C18H31N3O3. The zero-order chi connectivity index (χ0) is 17.9. The number of hydrogen-bond donors (Lipinski definition) is 1. The summed E-state index contributed by atoms with van der Waals surface area (Å²) in [6, 6.07) is 1.65. The fourth-order valence-corrected chi connectivity index (χ4v) is 2.51. The van der Waals surface area contributed by atoms with E-state index in [1.54, 1.807) is 17.9 Å². The van der Waals surface area contributed by atoms with Crippen molar-refractivity contribution >= 4 is 17.6 Å². The number of amides is 2. The second-order valence-electron chi connectivity index (χ2n) is 6.70. The number of aromatic nitrogens is 1. The number of carbonyl (C=O) groups excluding carboxylic acids is 2. The third kappa shape index (κ3) is 8.13. The van der Waals surface area contributed by atoms with Gasteiger partial charge in [-0.2, -0.15) is 0 Å². The number of hydrogen-bond acceptors (Lipinski definition) is 4. The van der Waals surface area contributed by atoms with Gasteiger partial charge in [-0.05, 0) is 19.3 Å². The molecule has 1 aromatic heterocycles. The molecule has 0 aliphatic heterocycles. The molecule has 1 N–H and O–H groups in total. The van der Waals surface area contributed by atoms with Crippen LogP contribution in [-0.4, -0.2) is 35.0 Å². The Morgan fingerprint density at radius 1 is 1.25 bits per heavy atom. The average molecular weight is 337 g/mol. The number of anilines is 1. The van der Waals surface area contributed by atoms with E-state index in [2.05, 4.69) is 17.4 Å². The van der Waals surface area contributed by atoms with Gasteiger partial charge in [-0.15, -0.1) is 0 Å². The first kappa shape index (κ1) is 20.2. The molecule has 0 radical (unpaired) electrons. The monoisotopic (exact) mass is 337 g/mol. The van der Waals surface area contributed by atoms with E-state index >= 15 is 0 Å². The average Bonchev–Trinajstić information content (AvgIpc) is 2.90. The smallest absolute Gasteiger partial charge is 0.245 e. The minimum Gasteiger partial charge on any atom is -0.360 e.